The van der Waals surface area contributed by atoms with Crippen molar-refractivity contribution in [3.63, 3.8) is 0 Å². The van der Waals surface area contributed by atoms with Crippen LogP contribution in [0, 0.1) is 29.0 Å². The Bertz CT molecular complexity index is 448. The van der Waals surface area contributed by atoms with Gasteiger partial charge >= 0.3 is 0 Å². The van der Waals surface area contributed by atoms with Gasteiger partial charge in [0.15, 0.2) is 0 Å². The van der Waals surface area contributed by atoms with Crippen molar-refractivity contribution in [1.29, 1.82) is 5.26 Å². The highest BCUT2D eigenvalue weighted by molar-refractivity contribution is 5.60. The predicted octanol–water partition coefficient (Wildman–Crippen LogP) is 3.18. The van der Waals surface area contributed by atoms with Crippen molar-refractivity contribution in [1.82, 2.24) is 0 Å². The van der Waals surface area contributed by atoms with E-state index >= 15 is 0 Å². The monoisotopic (exact) mass is 232 g/mol. The number of halogens is 1. The minimum Gasteiger partial charge on any atom is -0.370 e. The highest BCUT2D eigenvalue weighted by atomic mass is 19.1. The second-order valence-electron chi connectivity index (χ2n) is 4.98. The Hall–Kier alpha value is -1.56. The Morgan fingerprint density at radius 3 is 2.82 bits per heavy atom. The van der Waals surface area contributed by atoms with Crippen molar-refractivity contribution in [2.24, 2.45) is 11.8 Å². The van der Waals surface area contributed by atoms with Gasteiger partial charge in [0.05, 0.1) is 5.69 Å². The normalized spacial score (nSPS) is 19.7. The maximum atomic E-state index is 13.5. The van der Waals surface area contributed by atoms with Crippen LogP contribution in [-0.2, 0) is 0 Å². The van der Waals surface area contributed by atoms with Crippen LogP contribution in [-0.4, -0.2) is 13.1 Å². The highest BCUT2D eigenvalue weighted by Crippen LogP contribution is 2.30. The molecule has 1 aromatic carbocycles. The topological polar surface area (TPSA) is 27.0 Å². The third kappa shape index (κ3) is 2.26. The molecule has 0 amide bonds. The van der Waals surface area contributed by atoms with Crippen LogP contribution >= 0.6 is 0 Å². The van der Waals surface area contributed by atoms with E-state index in [4.69, 9.17) is 5.26 Å². The lowest BCUT2D eigenvalue weighted by Crippen LogP contribution is -2.22. The van der Waals surface area contributed by atoms with Crippen LogP contribution in [0.4, 0.5) is 10.1 Å². The molecule has 0 aromatic heterocycles. The molecule has 2 nitrogen and oxygen atoms in total. The number of benzene rings is 1. The second kappa shape index (κ2) is 4.75. The smallest absolute Gasteiger partial charge is 0.143 e. The zero-order valence-corrected chi connectivity index (χ0v) is 10.3. The number of anilines is 1. The van der Waals surface area contributed by atoms with E-state index < -0.39 is 5.82 Å². The van der Waals surface area contributed by atoms with Crippen LogP contribution in [0.1, 0.15) is 25.8 Å². The third-order valence-corrected chi connectivity index (χ3v) is 3.61. The average Bonchev–Trinajstić information content (AvgIpc) is 2.77. The molecule has 1 aromatic rings. The molecule has 1 heterocycles. The molecule has 0 bridgehead atoms. The molecule has 1 fully saturated rings. The van der Waals surface area contributed by atoms with Gasteiger partial charge in [-0.1, -0.05) is 19.9 Å². The molecular formula is C14H17FN2. The maximum absolute atomic E-state index is 13.5. The number of hydrogen-bond donors (Lipinski definition) is 0. The van der Waals surface area contributed by atoms with Gasteiger partial charge in [-0.25, -0.2) is 4.39 Å². The molecule has 1 saturated heterocycles. The predicted molar refractivity (Wildman–Crippen MR) is 66.3 cm³/mol. The molecule has 3 heteroatoms. The summed E-state index contributed by atoms with van der Waals surface area (Å²) in [4.78, 5) is 2.13. The van der Waals surface area contributed by atoms with Gasteiger partial charge in [0.25, 0.3) is 0 Å². The fraction of sp³-hybridized carbons (Fsp3) is 0.500. The van der Waals surface area contributed by atoms with Gasteiger partial charge in [0.1, 0.15) is 17.4 Å². The standard InChI is InChI=1S/C14H17FN2/c1-10(2)11-6-7-17(9-11)14-5-3-4-13(15)12(14)8-16/h3-5,10-11H,6-7,9H2,1-2H3. The molecule has 17 heavy (non-hydrogen) atoms. The zero-order valence-electron chi connectivity index (χ0n) is 10.3. The van der Waals surface area contributed by atoms with Gasteiger partial charge in [-0.15, -0.1) is 0 Å². The molecule has 0 radical (unpaired) electrons. The van der Waals surface area contributed by atoms with E-state index in [1.165, 1.54) is 6.07 Å². The lowest BCUT2D eigenvalue weighted by atomic mass is 9.95. The summed E-state index contributed by atoms with van der Waals surface area (Å²) in [5.74, 6) is 0.863. The fourth-order valence-corrected chi connectivity index (χ4v) is 2.44. The van der Waals surface area contributed by atoms with Gasteiger partial charge in [-0.2, -0.15) is 5.26 Å². The van der Waals surface area contributed by atoms with Crippen LogP contribution < -0.4 is 4.90 Å². The van der Waals surface area contributed by atoms with Gasteiger partial charge in [0, 0.05) is 13.1 Å². The Morgan fingerprint density at radius 2 is 2.24 bits per heavy atom. The zero-order chi connectivity index (χ0) is 12.4. The van der Waals surface area contributed by atoms with Gasteiger partial charge in [-0.05, 0) is 30.4 Å². The summed E-state index contributed by atoms with van der Waals surface area (Å²) in [5.41, 5.74) is 0.924. The number of hydrogen-bond acceptors (Lipinski definition) is 2. The third-order valence-electron chi connectivity index (χ3n) is 3.61. The summed E-state index contributed by atoms with van der Waals surface area (Å²) in [6.07, 6.45) is 1.12. The van der Waals surface area contributed by atoms with Crippen molar-refractivity contribution in [2.45, 2.75) is 20.3 Å². The van der Waals surface area contributed by atoms with Crippen molar-refractivity contribution in [3.05, 3.63) is 29.6 Å². The van der Waals surface area contributed by atoms with Gasteiger partial charge in [0.2, 0.25) is 0 Å². The van der Waals surface area contributed by atoms with Gasteiger partial charge in [-0.3, -0.25) is 0 Å². The molecule has 0 aliphatic carbocycles. The summed E-state index contributed by atoms with van der Waals surface area (Å²) < 4.78 is 13.5. The van der Waals surface area contributed by atoms with Crippen LogP contribution in [0.15, 0.2) is 18.2 Å². The lowest BCUT2D eigenvalue weighted by molar-refractivity contribution is 0.422. The summed E-state index contributed by atoms with van der Waals surface area (Å²) in [6, 6.07) is 6.83. The Balaban J connectivity index is 2.25. The molecule has 1 aliphatic heterocycles. The van der Waals surface area contributed by atoms with E-state index in [2.05, 4.69) is 18.7 Å². The largest absolute Gasteiger partial charge is 0.370 e. The number of rotatable bonds is 2. The van der Waals surface area contributed by atoms with Crippen molar-refractivity contribution >= 4 is 5.69 Å². The van der Waals surface area contributed by atoms with Crippen molar-refractivity contribution in [2.75, 3.05) is 18.0 Å². The van der Waals surface area contributed by atoms with Crippen LogP contribution in [0.2, 0.25) is 0 Å². The molecule has 0 spiro atoms. The van der Waals surface area contributed by atoms with Gasteiger partial charge < -0.3 is 4.90 Å². The molecule has 0 N–H and O–H groups in total. The molecule has 2 rings (SSSR count). The first-order chi connectivity index (χ1) is 8.13. The number of nitriles is 1. The molecule has 1 unspecified atom stereocenters. The summed E-state index contributed by atoms with van der Waals surface area (Å²) in [6.45, 7) is 6.27. The first-order valence-corrected chi connectivity index (χ1v) is 6.07. The number of nitrogens with zero attached hydrogens (tertiary/aromatic N) is 2. The molecular weight excluding hydrogens is 215 g/mol. The maximum Gasteiger partial charge on any atom is 0.143 e. The SMILES string of the molecule is CC(C)C1CCN(c2cccc(F)c2C#N)C1. The summed E-state index contributed by atoms with van der Waals surface area (Å²) >= 11 is 0. The van der Waals surface area contributed by atoms with Crippen LogP contribution in [0.5, 0.6) is 0 Å². The minimum atomic E-state index is -0.419. The fourth-order valence-electron chi connectivity index (χ4n) is 2.44. The van der Waals surface area contributed by atoms with E-state index in [1.807, 2.05) is 12.1 Å². The average molecular weight is 232 g/mol. The van der Waals surface area contributed by atoms with Crippen molar-refractivity contribution < 1.29 is 4.39 Å². The quantitative estimate of drug-likeness (QED) is 0.783. The first-order valence-electron chi connectivity index (χ1n) is 6.07. The minimum absolute atomic E-state index is 0.178. The highest BCUT2D eigenvalue weighted by Gasteiger charge is 2.26. The van der Waals surface area contributed by atoms with Crippen LogP contribution in [0.3, 0.4) is 0 Å². The Morgan fingerprint density at radius 1 is 1.47 bits per heavy atom. The Kier molecular flexibility index (Phi) is 3.33. The van der Waals surface area contributed by atoms with Crippen LogP contribution in [0.25, 0.3) is 0 Å². The molecule has 1 aliphatic rings. The molecule has 0 saturated carbocycles. The second-order valence-corrected chi connectivity index (χ2v) is 4.98. The van der Waals surface area contributed by atoms with E-state index in [9.17, 15) is 4.39 Å². The van der Waals surface area contributed by atoms with E-state index in [0.717, 1.165) is 25.2 Å². The Labute approximate surface area is 102 Å². The molecule has 1 atom stereocenters. The van der Waals surface area contributed by atoms with E-state index in [1.54, 1.807) is 6.07 Å². The summed E-state index contributed by atoms with van der Waals surface area (Å²) in [5, 5.41) is 9.02. The summed E-state index contributed by atoms with van der Waals surface area (Å²) in [7, 11) is 0. The van der Waals surface area contributed by atoms with E-state index in [-0.39, 0.29) is 5.56 Å². The van der Waals surface area contributed by atoms with Crippen molar-refractivity contribution in [3.8, 4) is 6.07 Å². The van der Waals surface area contributed by atoms with E-state index in [0.29, 0.717) is 11.8 Å². The molecule has 90 valence electrons. The lowest BCUT2D eigenvalue weighted by Gasteiger charge is -2.21. The first kappa shape index (κ1) is 11.9.